The molecular weight excluding hydrogens is 371 g/mol. The number of aryl methyl sites for hydroxylation is 1. The van der Waals surface area contributed by atoms with Gasteiger partial charge in [0.2, 0.25) is 5.91 Å². The first-order valence-electron chi connectivity index (χ1n) is 9.87. The maximum atomic E-state index is 13.3. The van der Waals surface area contributed by atoms with Crippen LogP contribution in [0.2, 0.25) is 0 Å². The van der Waals surface area contributed by atoms with Gasteiger partial charge in [0.1, 0.15) is 11.2 Å². The largest absolute Gasteiger partial charge is 0.325 e. The van der Waals surface area contributed by atoms with Crippen LogP contribution in [0.15, 0.2) is 48.5 Å². The Hall–Kier alpha value is -1.85. The van der Waals surface area contributed by atoms with Crippen LogP contribution in [0.25, 0.3) is 0 Å². The van der Waals surface area contributed by atoms with E-state index in [-0.39, 0.29) is 17.1 Å². The van der Waals surface area contributed by atoms with E-state index in [0.717, 1.165) is 31.0 Å². The van der Waals surface area contributed by atoms with Crippen molar-refractivity contribution >= 4 is 17.7 Å². The molecule has 1 fully saturated rings. The first-order chi connectivity index (χ1) is 13.4. The molecular formula is C23H29FN2OS. The van der Waals surface area contributed by atoms with Gasteiger partial charge in [0, 0.05) is 25.4 Å². The summed E-state index contributed by atoms with van der Waals surface area (Å²) in [7, 11) is 0. The lowest BCUT2D eigenvalue weighted by molar-refractivity contribution is -0.132. The quantitative estimate of drug-likeness (QED) is 0.663. The number of carbonyl (C=O) groups is 1. The molecule has 0 aliphatic carbocycles. The molecule has 3 rings (SSSR count). The summed E-state index contributed by atoms with van der Waals surface area (Å²) in [5.41, 5.74) is 3.46. The van der Waals surface area contributed by atoms with Gasteiger partial charge in [-0.3, -0.25) is 9.69 Å². The monoisotopic (exact) mass is 400 g/mol. The minimum atomic E-state index is -0.245. The van der Waals surface area contributed by atoms with Gasteiger partial charge in [-0.1, -0.05) is 55.8 Å². The molecule has 1 unspecified atom stereocenters. The number of halogens is 1. The second-order valence-corrected chi connectivity index (χ2v) is 9.10. The molecule has 2 aromatic rings. The Bertz CT molecular complexity index is 776. The van der Waals surface area contributed by atoms with E-state index in [2.05, 4.69) is 49.9 Å². The molecule has 1 amide bonds. The Morgan fingerprint density at radius 1 is 1.18 bits per heavy atom. The van der Waals surface area contributed by atoms with Crippen LogP contribution in [-0.4, -0.2) is 41.1 Å². The highest BCUT2D eigenvalue weighted by atomic mass is 32.2. The lowest BCUT2D eigenvalue weighted by atomic mass is 10.1. The third kappa shape index (κ3) is 5.58. The molecule has 0 aromatic heterocycles. The van der Waals surface area contributed by atoms with E-state index in [1.807, 2.05) is 4.90 Å². The van der Waals surface area contributed by atoms with Gasteiger partial charge in [0.15, 0.2) is 0 Å². The van der Waals surface area contributed by atoms with Gasteiger partial charge in [-0.2, -0.15) is 0 Å². The van der Waals surface area contributed by atoms with Gasteiger partial charge in [-0.15, -0.1) is 11.8 Å². The fraction of sp³-hybridized carbons (Fsp3) is 0.435. The molecule has 3 nitrogen and oxygen atoms in total. The normalized spacial score (nSPS) is 16.9. The van der Waals surface area contributed by atoms with Crippen LogP contribution in [0.3, 0.4) is 0 Å². The van der Waals surface area contributed by atoms with E-state index >= 15 is 0 Å². The fourth-order valence-corrected chi connectivity index (χ4v) is 4.84. The van der Waals surface area contributed by atoms with Crippen LogP contribution >= 0.6 is 11.8 Å². The Kier molecular flexibility index (Phi) is 7.13. The predicted molar refractivity (Wildman–Crippen MR) is 115 cm³/mol. The van der Waals surface area contributed by atoms with Gasteiger partial charge in [0.05, 0.1) is 6.54 Å². The predicted octanol–water partition coefficient (Wildman–Crippen LogP) is 4.87. The van der Waals surface area contributed by atoms with Crippen molar-refractivity contribution in [1.82, 2.24) is 9.80 Å². The van der Waals surface area contributed by atoms with Crippen LogP contribution in [0.1, 0.15) is 35.9 Å². The van der Waals surface area contributed by atoms with E-state index in [1.165, 1.54) is 23.3 Å². The van der Waals surface area contributed by atoms with Crippen molar-refractivity contribution in [3.8, 4) is 0 Å². The average molecular weight is 401 g/mol. The first-order valence-corrected chi connectivity index (χ1v) is 10.9. The summed E-state index contributed by atoms with van der Waals surface area (Å²) in [6, 6.07) is 15.0. The molecule has 0 saturated carbocycles. The number of rotatable bonds is 7. The SMILES string of the molecule is Cc1ccc(CN(CC(=O)N2CCSC2c2ccc(F)cc2)CC(C)C)cc1. The minimum Gasteiger partial charge on any atom is -0.325 e. The van der Waals surface area contributed by atoms with Crippen LogP contribution < -0.4 is 0 Å². The van der Waals surface area contributed by atoms with Gasteiger partial charge in [-0.05, 0) is 36.1 Å². The number of thioether (sulfide) groups is 1. The highest BCUT2D eigenvalue weighted by Gasteiger charge is 2.31. The summed E-state index contributed by atoms with van der Waals surface area (Å²) in [5, 5.41) is -0.0200. The van der Waals surface area contributed by atoms with Gasteiger partial charge in [-0.25, -0.2) is 4.39 Å². The fourth-order valence-electron chi connectivity index (χ4n) is 3.56. The van der Waals surface area contributed by atoms with E-state index < -0.39 is 0 Å². The van der Waals surface area contributed by atoms with E-state index in [1.54, 1.807) is 23.9 Å². The zero-order valence-corrected chi connectivity index (χ0v) is 17.7. The summed E-state index contributed by atoms with van der Waals surface area (Å²) in [5.74, 6) is 1.30. The molecule has 1 heterocycles. The maximum absolute atomic E-state index is 13.3. The molecule has 5 heteroatoms. The zero-order chi connectivity index (χ0) is 20.1. The van der Waals surface area contributed by atoms with Crippen LogP contribution in [0.4, 0.5) is 4.39 Å². The Balaban J connectivity index is 1.69. The third-order valence-corrected chi connectivity index (χ3v) is 6.14. The van der Waals surface area contributed by atoms with Crippen LogP contribution in [-0.2, 0) is 11.3 Å². The van der Waals surface area contributed by atoms with E-state index in [0.29, 0.717) is 12.5 Å². The van der Waals surface area contributed by atoms with Gasteiger partial charge >= 0.3 is 0 Å². The summed E-state index contributed by atoms with van der Waals surface area (Å²) in [6.45, 7) is 9.24. The number of hydrogen-bond donors (Lipinski definition) is 0. The summed E-state index contributed by atoms with van der Waals surface area (Å²) in [4.78, 5) is 17.3. The zero-order valence-electron chi connectivity index (χ0n) is 16.9. The summed E-state index contributed by atoms with van der Waals surface area (Å²) < 4.78 is 13.3. The minimum absolute atomic E-state index is 0.0200. The third-order valence-electron chi connectivity index (χ3n) is 4.88. The Labute approximate surface area is 171 Å². The molecule has 0 bridgehead atoms. The molecule has 150 valence electrons. The smallest absolute Gasteiger partial charge is 0.237 e. The van der Waals surface area contributed by atoms with Crippen molar-refractivity contribution < 1.29 is 9.18 Å². The Morgan fingerprint density at radius 2 is 1.86 bits per heavy atom. The number of benzene rings is 2. The molecule has 2 aromatic carbocycles. The topological polar surface area (TPSA) is 23.6 Å². The Morgan fingerprint density at radius 3 is 2.50 bits per heavy atom. The molecule has 1 aliphatic heterocycles. The highest BCUT2D eigenvalue weighted by Crippen LogP contribution is 2.38. The lowest BCUT2D eigenvalue weighted by Crippen LogP contribution is -2.41. The summed E-state index contributed by atoms with van der Waals surface area (Å²) in [6.07, 6.45) is 0. The molecule has 28 heavy (non-hydrogen) atoms. The number of carbonyl (C=O) groups excluding carboxylic acids is 1. The van der Waals surface area contributed by atoms with Crippen molar-refractivity contribution in [3.63, 3.8) is 0 Å². The van der Waals surface area contributed by atoms with E-state index in [4.69, 9.17) is 0 Å². The molecule has 0 spiro atoms. The van der Waals surface area contributed by atoms with Crippen molar-refractivity contribution in [2.24, 2.45) is 5.92 Å². The number of amides is 1. The van der Waals surface area contributed by atoms with Crippen LogP contribution in [0.5, 0.6) is 0 Å². The summed E-state index contributed by atoms with van der Waals surface area (Å²) >= 11 is 1.75. The molecule has 1 aliphatic rings. The van der Waals surface area contributed by atoms with Crippen molar-refractivity contribution in [2.75, 3.05) is 25.4 Å². The maximum Gasteiger partial charge on any atom is 0.237 e. The number of nitrogens with zero attached hydrogens (tertiary/aromatic N) is 2. The second-order valence-electron chi connectivity index (χ2n) is 7.91. The molecule has 1 atom stereocenters. The second kappa shape index (κ2) is 9.57. The molecule has 1 saturated heterocycles. The van der Waals surface area contributed by atoms with Crippen molar-refractivity contribution in [2.45, 2.75) is 32.7 Å². The first kappa shape index (κ1) is 20.9. The number of hydrogen-bond acceptors (Lipinski definition) is 3. The van der Waals surface area contributed by atoms with Crippen molar-refractivity contribution in [3.05, 3.63) is 71.0 Å². The molecule has 0 N–H and O–H groups in total. The van der Waals surface area contributed by atoms with Gasteiger partial charge < -0.3 is 4.90 Å². The standard InChI is InChI=1S/C23H29FN2OS/c1-17(2)14-25(15-19-6-4-18(3)5-7-19)16-22(27)26-12-13-28-23(26)20-8-10-21(24)11-9-20/h4-11,17,23H,12-16H2,1-3H3. The van der Waals surface area contributed by atoms with Gasteiger partial charge in [0.25, 0.3) is 0 Å². The van der Waals surface area contributed by atoms with E-state index in [9.17, 15) is 9.18 Å². The van der Waals surface area contributed by atoms with Crippen LogP contribution in [0, 0.1) is 18.7 Å². The average Bonchev–Trinajstić information content (AvgIpc) is 3.13. The van der Waals surface area contributed by atoms with Crippen molar-refractivity contribution in [1.29, 1.82) is 0 Å². The molecule has 0 radical (unpaired) electrons. The highest BCUT2D eigenvalue weighted by molar-refractivity contribution is 7.99. The lowest BCUT2D eigenvalue weighted by Gasteiger charge is -2.29.